The van der Waals surface area contributed by atoms with Crippen LogP contribution in [0.2, 0.25) is 0 Å². The van der Waals surface area contributed by atoms with Gasteiger partial charge in [0.25, 0.3) is 22.2 Å². The number of aromatic hydroxyl groups is 1. The first-order chi connectivity index (χ1) is 40.4. The SMILES string of the molecule is C.Cc1c(O)c2c(=O)n(Cc3ccc(CO)cc3)c(=O)n(-c3ccc(I)cc3F)c2n(C)c1=O.Cc1c(OS(=O)(=O)C(F)(F)F)c2c(=O)n(Cc3ccc(CO)cc3)c(=O)n(-c3ccc(I)cc3F)c2n(C)c1=O.O=S(=O)(OS(=O)(=O)C(F)(F)F)C(F)(F)F. The number of aryl methyl sites for hydroxylation is 2. The predicted molar refractivity (Wildman–Crippen MR) is 311 cm³/mol. The van der Waals surface area contributed by atoms with Crippen molar-refractivity contribution in [2.75, 3.05) is 0 Å². The first-order valence-electron chi connectivity index (χ1n) is 23.5. The molecule has 0 unspecified atom stereocenters. The number of hydrogen-bond acceptors (Lipinski definition) is 17. The highest BCUT2D eigenvalue weighted by Gasteiger charge is 2.57. The van der Waals surface area contributed by atoms with E-state index in [1.807, 2.05) is 26.2 Å². The average Bonchev–Trinajstić information content (AvgIpc) is 0.744. The molecule has 89 heavy (non-hydrogen) atoms. The minimum Gasteiger partial charge on any atom is -0.506 e. The van der Waals surface area contributed by atoms with E-state index >= 15 is 4.39 Å². The van der Waals surface area contributed by atoms with Gasteiger partial charge in [0.2, 0.25) is 0 Å². The van der Waals surface area contributed by atoms with Crippen molar-refractivity contribution in [2.45, 2.75) is 64.1 Å². The second kappa shape index (κ2) is 26.6. The molecule has 4 aromatic heterocycles. The second-order valence-corrected chi connectivity index (χ2v) is 25.4. The van der Waals surface area contributed by atoms with Crippen LogP contribution in [0.15, 0.2) is 114 Å². The standard InChI is InChI=1S/C24H18F4IN3O7S.C23H19FIN3O5.C2F6O5S2.CH4/c1-12-19(39-40(37,38)24(26,27)28)18-20(30(2)21(12)34)32(17-8-7-15(29)9-16(17)25)23(36)31(22(18)35)10-13-3-5-14(11-33)6-4-13;1-12-19(30)18-20(26(2)21(12)31)28(17-8-7-15(25)9-16(17)24)23(33)27(22(18)32)10-13-3-5-14(11-29)6-4-13;3-1(4,5)14(9,10)13-15(11,12)2(6,7)8;/h3-9,33H,10-11H2,1-2H3;3-9,29-30H,10-11H2,1-2H3;;1H4. The number of benzene rings is 4. The van der Waals surface area contributed by atoms with Crippen LogP contribution in [0.5, 0.6) is 11.5 Å². The molecule has 0 bridgehead atoms. The largest absolute Gasteiger partial charge is 0.534 e. The van der Waals surface area contributed by atoms with Crippen LogP contribution in [-0.2, 0) is 74.4 Å². The van der Waals surface area contributed by atoms with Gasteiger partial charge >= 0.3 is 58.3 Å². The molecule has 0 fully saturated rings. The Bertz CT molecular complexity index is 4820. The van der Waals surface area contributed by atoms with E-state index in [-0.39, 0.29) is 49.5 Å². The molecule has 4 aromatic carbocycles. The Labute approximate surface area is 518 Å². The summed E-state index contributed by atoms with van der Waals surface area (Å²) in [4.78, 5) is 80.0. The lowest BCUT2D eigenvalue weighted by atomic mass is 10.1. The third-order valence-corrected chi connectivity index (χ3v) is 17.2. The van der Waals surface area contributed by atoms with Crippen LogP contribution in [0.1, 0.15) is 40.8 Å². The normalized spacial score (nSPS) is 12.3. The van der Waals surface area contributed by atoms with Crippen molar-refractivity contribution in [2.24, 2.45) is 14.1 Å². The van der Waals surface area contributed by atoms with Crippen molar-refractivity contribution in [3.63, 3.8) is 0 Å². The van der Waals surface area contributed by atoms with Crippen molar-refractivity contribution in [1.29, 1.82) is 0 Å². The molecule has 8 aromatic rings. The number of nitrogens with zero attached hydrogens (tertiary/aromatic N) is 6. The van der Waals surface area contributed by atoms with Crippen molar-refractivity contribution >= 4 is 97.6 Å². The monoisotopic (exact) mass is 1560 g/mol. The summed E-state index contributed by atoms with van der Waals surface area (Å²) in [7, 11) is -17.6. The van der Waals surface area contributed by atoms with Crippen molar-refractivity contribution < 1.29 is 96.7 Å². The molecule has 39 heteroatoms. The highest BCUT2D eigenvalue weighted by atomic mass is 127. The Morgan fingerprint density at radius 1 is 0.494 bits per heavy atom. The lowest BCUT2D eigenvalue weighted by Gasteiger charge is -2.20. The van der Waals surface area contributed by atoms with E-state index in [0.29, 0.717) is 38.5 Å². The first kappa shape index (κ1) is 72.4. The molecule has 0 saturated heterocycles. The van der Waals surface area contributed by atoms with Gasteiger partial charge in [-0.3, -0.25) is 37.4 Å². The van der Waals surface area contributed by atoms with E-state index in [4.69, 9.17) is 0 Å². The van der Waals surface area contributed by atoms with Gasteiger partial charge in [-0.1, -0.05) is 56.0 Å². The van der Waals surface area contributed by atoms with Gasteiger partial charge < -0.3 is 19.5 Å². The number of aromatic nitrogens is 6. The molecule has 4 heterocycles. The molecule has 0 amide bonds. The molecule has 0 atom stereocenters. The number of pyridine rings is 2. The fourth-order valence-corrected chi connectivity index (χ4v) is 10.9. The van der Waals surface area contributed by atoms with Gasteiger partial charge in [0, 0.05) is 21.2 Å². The fourth-order valence-electron chi connectivity index (χ4n) is 7.95. The Kier molecular flexibility index (Phi) is 21.7. The van der Waals surface area contributed by atoms with Crippen LogP contribution in [0.3, 0.4) is 0 Å². The molecule has 0 aliphatic carbocycles. The van der Waals surface area contributed by atoms with Gasteiger partial charge in [-0.25, -0.2) is 27.5 Å². The highest BCUT2D eigenvalue weighted by Crippen LogP contribution is 2.34. The highest BCUT2D eigenvalue weighted by molar-refractivity contribution is 14.1. The number of fused-ring (bicyclic) bond motifs is 2. The van der Waals surface area contributed by atoms with Crippen LogP contribution in [-0.4, -0.2) is 84.5 Å². The van der Waals surface area contributed by atoms with Crippen LogP contribution in [0, 0.1) is 32.6 Å². The predicted octanol–water partition coefficient (Wildman–Crippen LogP) is 6.16. The Morgan fingerprint density at radius 2 is 0.820 bits per heavy atom. The zero-order valence-corrected chi connectivity index (χ0v) is 51.1. The molecule has 0 aliphatic rings. The van der Waals surface area contributed by atoms with E-state index in [9.17, 15) is 113 Å². The molecular formula is C50H41F11I2N6O17S3. The summed E-state index contributed by atoms with van der Waals surface area (Å²) >= 11 is 3.72. The summed E-state index contributed by atoms with van der Waals surface area (Å²) in [6, 6.07) is 20.3. The summed E-state index contributed by atoms with van der Waals surface area (Å²) in [5, 5.41) is 28.1. The van der Waals surface area contributed by atoms with Crippen molar-refractivity contribution in [3.8, 4) is 22.9 Å². The molecule has 482 valence electrons. The lowest BCUT2D eigenvalue weighted by Crippen LogP contribution is -2.43. The average molecular weight is 1560 g/mol. The summed E-state index contributed by atoms with van der Waals surface area (Å²) in [5.74, 6) is -3.51. The first-order valence-corrected chi connectivity index (χ1v) is 29.9. The molecule has 0 spiro atoms. The van der Waals surface area contributed by atoms with Gasteiger partial charge in [0.1, 0.15) is 39.5 Å². The third-order valence-electron chi connectivity index (χ3n) is 12.3. The maximum atomic E-state index is 15.2. The maximum absolute atomic E-state index is 15.2. The Morgan fingerprint density at radius 3 is 1.16 bits per heavy atom. The number of aliphatic hydroxyl groups is 2. The number of halogens is 13. The van der Waals surface area contributed by atoms with Crippen LogP contribution in [0.4, 0.5) is 48.3 Å². The maximum Gasteiger partial charge on any atom is 0.534 e. The molecule has 23 nitrogen and oxygen atoms in total. The molecule has 8 rings (SSSR count). The number of alkyl halides is 9. The quantitative estimate of drug-likeness (QED) is 0.0534. The number of hydrogen-bond donors (Lipinski definition) is 3. The summed E-state index contributed by atoms with van der Waals surface area (Å²) in [5.41, 5.74) is -24.5. The second-order valence-electron chi connectivity index (χ2n) is 18.1. The zero-order chi connectivity index (χ0) is 66.5. The molecular weight excluding hydrogens is 1520 g/mol. The summed E-state index contributed by atoms with van der Waals surface area (Å²) in [6.45, 7) is 1.22. The molecule has 3 N–H and O–H groups in total. The number of aliphatic hydroxyl groups excluding tert-OH is 2. The third kappa shape index (κ3) is 14.6. The van der Waals surface area contributed by atoms with Crippen molar-refractivity contribution in [1.82, 2.24) is 27.4 Å². The van der Waals surface area contributed by atoms with Gasteiger partial charge in [-0.05, 0) is 118 Å². The fraction of sp³-hybridized carbons (Fsp3) is 0.240. The van der Waals surface area contributed by atoms with E-state index < -0.39 is 132 Å². The minimum atomic E-state index is -6.85. The summed E-state index contributed by atoms with van der Waals surface area (Å²) in [6.07, 6.45) is 0. The smallest absolute Gasteiger partial charge is 0.506 e. The van der Waals surface area contributed by atoms with Crippen LogP contribution in [0.25, 0.3) is 33.4 Å². The van der Waals surface area contributed by atoms with Crippen LogP contribution >= 0.6 is 45.2 Å². The minimum absolute atomic E-state index is 0. The van der Waals surface area contributed by atoms with Crippen molar-refractivity contribution in [3.05, 3.63) is 199 Å². The topological polar surface area (TPSA) is 314 Å². The van der Waals surface area contributed by atoms with Crippen LogP contribution < -0.4 is 37.8 Å². The van der Waals surface area contributed by atoms with E-state index in [1.165, 1.54) is 56.4 Å². The van der Waals surface area contributed by atoms with E-state index in [1.54, 1.807) is 52.9 Å². The lowest BCUT2D eigenvalue weighted by molar-refractivity contribution is -0.0586. The molecule has 0 radical (unpaired) electrons. The Balaban J connectivity index is 0.000000265. The zero-order valence-electron chi connectivity index (χ0n) is 44.3. The molecule has 0 aliphatic heterocycles. The number of rotatable bonds is 12. The van der Waals surface area contributed by atoms with Gasteiger partial charge in [0.05, 0.1) is 48.8 Å². The van der Waals surface area contributed by atoms with E-state index in [0.717, 1.165) is 44.4 Å². The van der Waals surface area contributed by atoms with Gasteiger partial charge in [-0.15, -0.1) is 3.63 Å². The van der Waals surface area contributed by atoms with Gasteiger partial charge in [0.15, 0.2) is 5.75 Å². The summed E-state index contributed by atoms with van der Waals surface area (Å²) < 4.78 is 214. The van der Waals surface area contributed by atoms with Gasteiger partial charge in [-0.2, -0.15) is 64.8 Å². The Hall–Kier alpha value is -7.32. The molecule has 0 saturated carbocycles. The van der Waals surface area contributed by atoms with E-state index in [2.05, 4.69) is 4.18 Å².